The number of nitrogen functional groups attached to an aromatic ring is 1. The first kappa shape index (κ1) is 27.5. The number of carbonyl (C=O) groups is 1. The summed E-state index contributed by atoms with van der Waals surface area (Å²) in [5.41, 5.74) is 0.845. The number of nitrogens with one attached hydrogen (secondary N) is 1. The lowest BCUT2D eigenvalue weighted by Gasteiger charge is -2.16. The van der Waals surface area contributed by atoms with Crippen LogP contribution in [-0.2, 0) is 6.18 Å². The van der Waals surface area contributed by atoms with Crippen molar-refractivity contribution < 1.29 is 35.5 Å². The Morgan fingerprint density at radius 3 is 2.38 bits per heavy atom. The van der Waals surface area contributed by atoms with Gasteiger partial charge in [-0.25, -0.2) is 22.5 Å². The fourth-order valence-corrected chi connectivity index (χ4v) is 3.80. The smallest absolute Gasteiger partial charge is 0.397 e. The summed E-state index contributed by atoms with van der Waals surface area (Å²) in [5.74, 6) is -2.95. The third-order valence-electron chi connectivity index (χ3n) is 5.25. The van der Waals surface area contributed by atoms with Crippen LogP contribution >= 0.6 is 11.6 Å². The monoisotopic (exact) mass is 571 g/mol. The Morgan fingerprint density at radius 1 is 1.08 bits per heavy atom. The van der Waals surface area contributed by atoms with Crippen molar-refractivity contribution in [2.45, 2.75) is 12.6 Å². The molecule has 8 nitrogen and oxygen atoms in total. The first-order chi connectivity index (χ1) is 18.4. The number of pyridine rings is 2. The fourth-order valence-electron chi connectivity index (χ4n) is 3.55. The van der Waals surface area contributed by atoms with E-state index in [4.69, 9.17) is 17.3 Å². The molecule has 3 aromatic heterocycles. The van der Waals surface area contributed by atoms with Gasteiger partial charge in [-0.15, -0.1) is 4.80 Å². The highest BCUT2D eigenvalue weighted by atomic mass is 35.5. The molecule has 0 unspecified atom stereocenters. The number of amides is 1. The molecule has 0 atom stereocenters. The van der Waals surface area contributed by atoms with Crippen LogP contribution in [0.5, 0.6) is 0 Å². The van der Waals surface area contributed by atoms with Crippen molar-refractivity contribution in [1.82, 2.24) is 25.0 Å². The molecular weight excluding hydrogens is 559 g/mol. The van der Waals surface area contributed by atoms with Crippen LogP contribution in [-0.4, -0.2) is 37.3 Å². The average molecular weight is 572 g/mol. The number of alkyl halides is 5. The molecule has 202 valence electrons. The van der Waals surface area contributed by atoms with Crippen molar-refractivity contribution in [3.63, 3.8) is 0 Å². The molecule has 3 heterocycles. The fraction of sp³-hybridized carbons (Fsp3) is 0.0870. The first-order valence-electron chi connectivity index (χ1n) is 10.5. The van der Waals surface area contributed by atoms with E-state index in [0.717, 1.165) is 37.1 Å². The van der Waals surface area contributed by atoms with E-state index in [2.05, 4.69) is 25.5 Å². The van der Waals surface area contributed by atoms with Gasteiger partial charge in [-0.05, 0) is 18.2 Å². The third kappa shape index (κ3) is 5.52. The number of benzene rings is 1. The number of hydrogen-bond donors (Lipinski definition) is 2. The highest BCUT2D eigenvalue weighted by Gasteiger charge is 2.36. The van der Waals surface area contributed by atoms with Crippen LogP contribution in [0.1, 0.15) is 21.5 Å². The number of nitrogens with two attached hydrogens (primary N) is 1. The summed E-state index contributed by atoms with van der Waals surface area (Å²) in [6, 6.07) is 2.08. The van der Waals surface area contributed by atoms with Gasteiger partial charge in [-0.3, -0.25) is 9.78 Å². The van der Waals surface area contributed by atoms with E-state index < -0.39 is 68.7 Å². The van der Waals surface area contributed by atoms with E-state index in [9.17, 15) is 31.1 Å². The predicted octanol–water partition coefficient (Wildman–Crippen LogP) is 5.95. The lowest BCUT2D eigenvalue weighted by atomic mass is 9.94. The van der Waals surface area contributed by atoms with Gasteiger partial charge in [0.1, 0.15) is 11.4 Å². The second kappa shape index (κ2) is 10.7. The summed E-state index contributed by atoms with van der Waals surface area (Å²) in [5, 5.41) is 8.94. The molecule has 1 aromatic carbocycles. The Kier molecular flexibility index (Phi) is 7.53. The Bertz CT molecular complexity index is 1570. The normalized spacial score (nSPS) is 12.2. The summed E-state index contributed by atoms with van der Waals surface area (Å²) in [6.45, 7) is 0. The first-order valence-corrected chi connectivity index (χ1v) is 10.9. The molecule has 0 spiro atoms. The number of anilines is 2. The van der Waals surface area contributed by atoms with Crippen LogP contribution < -0.4 is 11.1 Å². The maximum Gasteiger partial charge on any atom is 0.420 e. The van der Waals surface area contributed by atoms with Gasteiger partial charge in [0.25, 0.3) is 12.3 Å². The zero-order valence-corrected chi connectivity index (χ0v) is 19.8. The Hall–Kier alpha value is -4.53. The van der Waals surface area contributed by atoms with E-state index in [1.165, 1.54) is 0 Å². The number of allylic oxidation sites excluding steroid dienone is 1. The highest BCUT2D eigenvalue weighted by molar-refractivity contribution is 6.34. The topological polar surface area (TPSA) is 112 Å². The van der Waals surface area contributed by atoms with Crippen LogP contribution in [0.25, 0.3) is 22.5 Å². The minimum atomic E-state index is -4.91. The number of aromatic nitrogens is 5. The SMILES string of the molecule is Nc1cncc(C(=CF)C(F)F)c1-c1cc(Cl)c(C(=O)Nc2cnc(-n3nccn3)c(C(F)(F)F)c2)cc1F. The molecule has 3 N–H and O–H groups in total. The minimum Gasteiger partial charge on any atom is -0.397 e. The van der Waals surface area contributed by atoms with Crippen molar-refractivity contribution in [2.24, 2.45) is 0 Å². The van der Waals surface area contributed by atoms with Crippen molar-refractivity contribution >= 4 is 34.5 Å². The number of hydrogen-bond acceptors (Lipinski definition) is 6. The molecule has 0 aliphatic heterocycles. The van der Waals surface area contributed by atoms with E-state index in [1.807, 2.05) is 0 Å². The molecule has 0 fully saturated rings. The van der Waals surface area contributed by atoms with Gasteiger partial charge < -0.3 is 11.1 Å². The quantitative estimate of drug-likeness (QED) is 0.277. The Labute approximate surface area is 218 Å². The maximum atomic E-state index is 15.2. The van der Waals surface area contributed by atoms with Crippen molar-refractivity contribution in [2.75, 3.05) is 11.1 Å². The third-order valence-corrected chi connectivity index (χ3v) is 5.56. The lowest BCUT2D eigenvalue weighted by Crippen LogP contribution is -2.17. The van der Waals surface area contributed by atoms with Crippen LogP contribution in [0.4, 0.5) is 42.1 Å². The number of rotatable bonds is 6. The summed E-state index contributed by atoms with van der Waals surface area (Å²) < 4.78 is 95.9. The summed E-state index contributed by atoms with van der Waals surface area (Å²) >= 11 is 6.15. The summed E-state index contributed by atoms with van der Waals surface area (Å²) in [6.07, 6.45) is -3.54. The zero-order chi connectivity index (χ0) is 28.5. The van der Waals surface area contributed by atoms with Crippen molar-refractivity contribution in [3.05, 3.63) is 83.0 Å². The molecule has 4 aromatic rings. The second-order valence-corrected chi connectivity index (χ2v) is 8.10. The molecular formula is C23H13ClF7N7O. The van der Waals surface area contributed by atoms with E-state index in [-0.39, 0.29) is 17.6 Å². The Balaban J connectivity index is 1.71. The van der Waals surface area contributed by atoms with E-state index >= 15 is 4.39 Å². The van der Waals surface area contributed by atoms with E-state index in [1.54, 1.807) is 0 Å². The average Bonchev–Trinajstić information content (AvgIpc) is 3.40. The van der Waals surface area contributed by atoms with Crippen molar-refractivity contribution in [1.29, 1.82) is 0 Å². The largest absolute Gasteiger partial charge is 0.420 e. The molecule has 0 aliphatic rings. The lowest BCUT2D eigenvalue weighted by molar-refractivity contribution is -0.137. The number of halogens is 8. The van der Waals surface area contributed by atoms with Gasteiger partial charge in [0.2, 0.25) is 0 Å². The maximum absolute atomic E-state index is 15.2. The van der Waals surface area contributed by atoms with Gasteiger partial charge in [0, 0.05) is 22.9 Å². The molecule has 0 saturated heterocycles. The van der Waals surface area contributed by atoms with E-state index in [0.29, 0.717) is 16.9 Å². The minimum absolute atomic E-state index is 0.294. The molecule has 0 radical (unpaired) electrons. The molecule has 16 heteroatoms. The molecule has 0 saturated carbocycles. The molecule has 0 bridgehead atoms. The van der Waals surface area contributed by atoms with Crippen molar-refractivity contribution in [3.8, 4) is 16.9 Å². The Morgan fingerprint density at radius 2 is 1.77 bits per heavy atom. The number of carbonyl (C=O) groups excluding carboxylic acids is 1. The molecule has 0 aliphatic carbocycles. The van der Waals surface area contributed by atoms with Crippen LogP contribution in [0.3, 0.4) is 0 Å². The van der Waals surface area contributed by atoms with Gasteiger partial charge in [-0.2, -0.15) is 23.4 Å². The standard InChI is InChI=1S/C23H13ClF7N7O/c24-16-4-12(19-14(8-33-9-18(19)32)13(6-25)20(27)28)17(26)5-11(16)22(39)37-10-3-15(23(29,30)31)21(34-7-10)38-35-1-2-36-38/h1-9,20H,32H2,(H,37,39). The molecule has 1 amide bonds. The second-order valence-electron chi connectivity index (χ2n) is 7.69. The highest BCUT2D eigenvalue weighted by Crippen LogP contribution is 2.39. The summed E-state index contributed by atoms with van der Waals surface area (Å²) in [7, 11) is 0. The van der Waals surface area contributed by atoms with Crippen LogP contribution in [0.15, 0.2) is 55.5 Å². The number of nitrogens with zero attached hydrogens (tertiary/aromatic N) is 5. The van der Waals surface area contributed by atoms with Crippen LogP contribution in [0, 0.1) is 5.82 Å². The molecule has 39 heavy (non-hydrogen) atoms. The van der Waals surface area contributed by atoms with Gasteiger partial charge in [0.15, 0.2) is 5.82 Å². The van der Waals surface area contributed by atoms with Gasteiger partial charge >= 0.3 is 6.18 Å². The van der Waals surface area contributed by atoms with Gasteiger partial charge in [0.05, 0.1) is 58.7 Å². The van der Waals surface area contributed by atoms with Gasteiger partial charge in [-0.1, -0.05) is 11.6 Å². The predicted molar refractivity (Wildman–Crippen MR) is 126 cm³/mol. The van der Waals surface area contributed by atoms with Crippen LogP contribution in [0.2, 0.25) is 5.02 Å². The summed E-state index contributed by atoms with van der Waals surface area (Å²) in [4.78, 5) is 20.7. The molecule has 4 rings (SSSR count). The zero-order valence-electron chi connectivity index (χ0n) is 19.0.